The molecule has 0 unspecified atom stereocenters. The molecule has 3 aromatic carbocycles. The van der Waals surface area contributed by atoms with E-state index in [0.29, 0.717) is 0 Å². The fraction of sp³-hybridized carbons (Fsp3) is 0.0476. The van der Waals surface area contributed by atoms with Crippen molar-refractivity contribution in [2.24, 2.45) is 0 Å². The van der Waals surface area contributed by atoms with Gasteiger partial charge in [0.05, 0.1) is 11.1 Å². The highest BCUT2D eigenvalue weighted by Gasteiger charge is 2.31. The number of esters is 2. The molecule has 3 aromatic rings. The number of halogens is 10. The third kappa shape index (κ3) is 4.38. The molecule has 14 heteroatoms. The summed E-state index contributed by atoms with van der Waals surface area (Å²) in [5.41, 5.74) is -1.41. The Hall–Kier alpha value is -4.10. The molecule has 0 spiro atoms. The molecular formula is C21H6F10O4. The van der Waals surface area contributed by atoms with Crippen molar-refractivity contribution in [1.82, 2.24) is 0 Å². The Morgan fingerprint density at radius 1 is 0.543 bits per heavy atom. The fourth-order valence-corrected chi connectivity index (χ4v) is 2.67. The van der Waals surface area contributed by atoms with Crippen LogP contribution in [0.15, 0.2) is 18.2 Å². The van der Waals surface area contributed by atoms with Crippen molar-refractivity contribution in [2.75, 3.05) is 0 Å². The predicted octanol–water partition coefficient (Wildman–Crippen LogP) is 5.82. The summed E-state index contributed by atoms with van der Waals surface area (Å²) in [6.45, 7) is 1.09. The molecule has 0 fully saturated rings. The molecule has 0 saturated carbocycles. The normalized spacial score (nSPS) is 10.9. The van der Waals surface area contributed by atoms with E-state index in [1.807, 2.05) is 0 Å². The minimum Gasteiger partial charge on any atom is -0.416 e. The molecule has 0 saturated heterocycles. The summed E-state index contributed by atoms with van der Waals surface area (Å²) in [5.74, 6) is -31.3. The van der Waals surface area contributed by atoms with Crippen LogP contribution in [0.4, 0.5) is 43.9 Å². The van der Waals surface area contributed by atoms with Crippen LogP contribution in [0.1, 0.15) is 26.3 Å². The summed E-state index contributed by atoms with van der Waals surface area (Å²) >= 11 is 0. The Labute approximate surface area is 187 Å². The average Bonchev–Trinajstić information content (AvgIpc) is 2.83. The van der Waals surface area contributed by atoms with Crippen LogP contribution >= 0.6 is 0 Å². The van der Waals surface area contributed by atoms with Crippen LogP contribution in [0, 0.1) is 65.1 Å². The Morgan fingerprint density at radius 3 is 1.26 bits per heavy atom. The van der Waals surface area contributed by atoms with Gasteiger partial charge in [0.1, 0.15) is 0 Å². The molecule has 0 N–H and O–H groups in total. The monoisotopic (exact) mass is 512 g/mol. The van der Waals surface area contributed by atoms with Gasteiger partial charge in [0, 0.05) is 0 Å². The highest BCUT2D eigenvalue weighted by atomic mass is 19.2. The van der Waals surface area contributed by atoms with E-state index in [-0.39, 0.29) is 5.56 Å². The highest BCUT2D eigenvalue weighted by molar-refractivity contribution is 5.96. The van der Waals surface area contributed by atoms with Crippen molar-refractivity contribution in [3.8, 4) is 11.5 Å². The van der Waals surface area contributed by atoms with Gasteiger partial charge in [-0.15, -0.1) is 0 Å². The standard InChI is InChI=1S/C21H6F10O4/c1-5-4-6(20(32)34-18-14(28)10(24)8(22)11(25)15(18)29)2-3-7(5)21(33)35-19-16(30)12(26)9(23)13(27)17(19)31/h2-4H,1H3. The topological polar surface area (TPSA) is 52.6 Å². The number of carbonyl (C=O) groups excluding carboxylic acids is 2. The lowest BCUT2D eigenvalue weighted by atomic mass is 10.1. The molecule has 184 valence electrons. The van der Waals surface area contributed by atoms with E-state index in [1.54, 1.807) is 0 Å². The van der Waals surface area contributed by atoms with E-state index in [4.69, 9.17) is 0 Å². The molecule has 0 radical (unpaired) electrons. The first-order valence-corrected chi connectivity index (χ1v) is 8.85. The number of benzene rings is 3. The van der Waals surface area contributed by atoms with Gasteiger partial charge in [-0.3, -0.25) is 0 Å². The summed E-state index contributed by atoms with van der Waals surface area (Å²) in [6, 6.07) is 2.24. The first-order valence-electron chi connectivity index (χ1n) is 8.85. The average molecular weight is 512 g/mol. The third-order valence-electron chi connectivity index (χ3n) is 4.41. The fourth-order valence-electron chi connectivity index (χ4n) is 2.67. The van der Waals surface area contributed by atoms with Crippen LogP contribution in [0.2, 0.25) is 0 Å². The lowest BCUT2D eigenvalue weighted by Gasteiger charge is -2.12. The van der Waals surface area contributed by atoms with Crippen LogP contribution in [-0.4, -0.2) is 11.9 Å². The van der Waals surface area contributed by atoms with E-state index in [2.05, 4.69) is 9.47 Å². The Kier molecular flexibility index (Phi) is 6.76. The van der Waals surface area contributed by atoms with Crippen molar-refractivity contribution in [1.29, 1.82) is 0 Å². The maximum Gasteiger partial charge on any atom is 0.344 e. The zero-order chi connectivity index (χ0) is 26.4. The zero-order valence-electron chi connectivity index (χ0n) is 16.6. The van der Waals surface area contributed by atoms with Gasteiger partial charge in [-0.25, -0.2) is 35.9 Å². The highest BCUT2D eigenvalue weighted by Crippen LogP contribution is 2.31. The van der Waals surface area contributed by atoms with Crippen LogP contribution in [0.3, 0.4) is 0 Å². The summed E-state index contributed by atoms with van der Waals surface area (Å²) < 4.78 is 142. The molecular weight excluding hydrogens is 506 g/mol. The van der Waals surface area contributed by atoms with Crippen molar-refractivity contribution in [3.63, 3.8) is 0 Å². The number of ether oxygens (including phenoxy) is 2. The third-order valence-corrected chi connectivity index (χ3v) is 4.41. The number of rotatable bonds is 4. The lowest BCUT2D eigenvalue weighted by Crippen LogP contribution is -2.16. The Bertz CT molecular complexity index is 1350. The quantitative estimate of drug-likeness (QED) is 0.145. The molecule has 0 bridgehead atoms. The minimum absolute atomic E-state index is 0.245. The van der Waals surface area contributed by atoms with Crippen LogP contribution in [0.5, 0.6) is 11.5 Å². The van der Waals surface area contributed by atoms with Crippen LogP contribution < -0.4 is 9.47 Å². The summed E-state index contributed by atoms with van der Waals surface area (Å²) in [6.07, 6.45) is 0. The number of aryl methyl sites for hydroxylation is 1. The van der Waals surface area contributed by atoms with Gasteiger partial charge in [-0.05, 0) is 30.7 Å². The van der Waals surface area contributed by atoms with Gasteiger partial charge in [0.15, 0.2) is 0 Å². The number of hydrogen-bond donors (Lipinski definition) is 0. The first kappa shape index (κ1) is 25.5. The van der Waals surface area contributed by atoms with Gasteiger partial charge in [0.25, 0.3) is 0 Å². The first-order chi connectivity index (χ1) is 16.3. The molecule has 0 aliphatic rings. The summed E-state index contributed by atoms with van der Waals surface area (Å²) in [4.78, 5) is 24.3. The van der Waals surface area contributed by atoms with Crippen LogP contribution in [-0.2, 0) is 0 Å². The second kappa shape index (κ2) is 9.27. The molecule has 0 amide bonds. The van der Waals surface area contributed by atoms with Crippen molar-refractivity contribution in [2.45, 2.75) is 6.92 Å². The zero-order valence-corrected chi connectivity index (χ0v) is 16.6. The molecule has 4 nitrogen and oxygen atoms in total. The molecule has 0 aliphatic heterocycles. The smallest absolute Gasteiger partial charge is 0.344 e. The maximum atomic E-state index is 13.7. The van der Waals surface area contributed by atoms with E-state index in [0.717, 1.165) is 25.1 Å². The Balaban J connectivity index is 1.89. The lowest BCUT2D eigenvalue weighted by molar-refractivity contribution is 0.0701. The van der Waals surface area contributed by atoms with E-state index in [1.165, 1.54) is 0 Å². The van der Waals surface area contributed by atoms with E-state index in [9.17, 15) is 53.5 Å². The van der Waals surface area contributed by atoms with E-state index >= 15 is 0 Å². The second-order valence-electron chi connectivity index (χ2n) is 6.61. The molecule has 3 rings (SSSR count). The van der Waals surface area contributed by atoms with Gasteiger partial charge in [0.2, 0.25) is 69.7 Å². The van der Waals surface area contributed by atoms with Crippen molar-refractivity contribution >= 4 is 11.9 Å². The number of carbonyl (C=O) groups is 2. The van der Waals surface area contributed by atoms with E-state index < -0.39 is 92.7 Å². The second-order valence-corrected chi connectivity index (χ2v) is 6.61. The molecule has 0 aliphatic carbocycles. The van der Waals surface area contributed by atoms with Crippen molar-refractivity contribution in [3.05, 3.63) is 93.1 Å². The number of hydrogen-bond acceptors (Lipinski definition) is 4. The Morgan fingerprint density at radius 2 is 0.886 bits per heavy atom. The van der Waals surface area contributed by atoms with Gasteiger partial charge < -0.3 is 9.47 Å². The largest absolute Gasteiger partial charge is 0.416 e. The SMILES string of the molecule is Cc1cc(C(=O)Oc2c(F)c(F)c(F)c(F)c2F)ccc1C(=O)Oc1c(F)c(F)c(F)c(F)c1F. The van der Waals surface area contributed by atoms with Crippen LogP contribution in [0.25, 0.3) is 0 Å². The minimum atomic E-state index is -2.49. The molecule has 0 aromatic heterocycles. The molecule has 35 heavy (non-hydrogen) atoms. The molecule has 0 atom stereocenters. The van der Waals surface area contributed by atoms with Crippen molar-refractivity contribution < 1.29 is 63.0 Å². The van der Waals surface area contributed by atoms with Gasteiger partial charge >= 0.3 is 11.9 Å². The molecule has 0 heterocycles. The summed E-state index contributed by atoms with van der Waals surface area (Å²) in [7, 11) is 0. The van der Waals surface area contributed by atoms with Gasteiger partial charge in [-0.1, -0.05) is 0 Å². The predicted molar refractivity (Wildman–Crippen MR) is 93.6 cm³/mol. The van der Waals surface area contributed by atoms with Gasteiger partial charge in [-0.2, -0.15) is 17.6 Å². The maximum absolute atomic E-state index is 13.7. The summed E-state index contributed by atoms with van der Waals surface area (Å²) in [5, 5.41) is 0.